The largest absolute Gasteiger partial charge is 0.330 e. The van der Waals surface area contributed by atoms with E-state index in [4.69, 9.17) is 17.3 Å². The zero-order valence-electron chi connectivity index (χ0n) is 11.0. The molecular weight excluding hydrogens is 244 g/mol. The van der Waals surface area contributed by atoms with Crippen molar-refractivity contribution in [1.82, 2.24) is 5.32 Å². The summed E-state index contributed by atoms with van der Waals surface area (Å²) in [5.74, 6) is 0.665. The number of hydrogen-bond donors (Lipinski definition) is 2. The molecule has 3 atom stereocenters. The molecule has 0 heterocycles. The van der Waals surface area contributed by atoms with Crippen molar-refractivity contribution < 1.29 is 0 Å². The van der Waals surface area contributed by atoms with Crippen LogP contribution < -0.4 is 11.1 Å². The minimum atomic E-state index is 0.489. The normalized spacial score (nSPS) is 25.3. The highest BCUT2D eigenvalue weighted by atomic mass is 35.5. The van der Waals surface area contributed by atoms with Crippen molar-refractivity contribution in [1.29, 1.82) is 0 Å². The van der Waals surface area contributed by atoms with Crippen LogP contribution >= 0.6 is 11.6 Å². The summed E-state index contributed by atoms with van der Waals surface area (Å²) < 4.78 is 0. The van der Waals surface area contributed by atoms with Gasteiger partial charge in [0.05, 0.1) is 0 Å². The van der Waals surface area contributed by atoms with Crippen molar-refractivity contribution in [3.8, 4) is 0 Å². The maximum atomic E-state index is 5.89. The molecule has 1 aromatic rings. The summed E-state index contributed by atoms with van der Waals surface area (Å²) in [4.78, 5) is 0. The zero-order chi connectivity index (χ0) is 13.0. The Morgan fingerprint density at radius 1 is 1.33 bits per heavy atom. The second-order valence-electron chi connectivity index (χ2n) is 5.43. The molecule has 2 rings (SSSR count). The van der Waals surface area contributed by atoms with Gasteiger partial charge in [-0.25, -0.2) is 0 Å². The molecule has 0 radical (unpaired) electrons. The van der Waals surface area contributed by atoms with Crippen LogP contribution in [0.4, 0.5) is 0 Å². The monoisotopic (exact) mass is 266 g/mol. The maximum Gasteiger partial charge on any atom is 0.0406 e. The van der Waals surface area contributed by atoms with Gasteiger partial charge in [-0.15, -0.1) is 0 Å². The van der Waals surface area contributed by atoms with E-state index in [1.807, 2.05) is 12.1 Å². The molecule has 1 saturated carbocycles. The third-order valence-corrected chi connectivity index (χ3v) is 4.17. The lowest BCUT2D eigenvalue weighted by atomic mass is 10.0. The van der Waals surface area contributed by atoms with Crippen LogP contribution in [0.1, 0.15) is 31.7 Å². The minimum absolute atomic E-state index is 0.489. The molecule has 100 valence electrons. The van der Waals surface area contributed by atoms with Gasteiger partial charge in [0, 0.05) is 17.1 Å². The van der Waals surface area contributed by atoms with Gasteiger partial charge in [0.15, 0.2) is 0 Å². The predicted octanol–water partition coefficient (Wildman–Crippen LogP) is 2.99. The lowest BCUT2D eigenvalue weighted by molar-refractivity contribution is 0.368. The molecular formula is C15H23ClN2. The number of nitrogens with one attached hydrogen (secondary N) is 1. The molecule has 1 fully saturated rings. The van der Waals surface area contributed by atoms with E-state index in [1.165, 1.54) is 24.8 Å². The topological polar surface area (TPSA) is 38.0 Å². The van der Waals surface area contributed by atoms with Gasteiger partial charge in [-0.1, -0.05) is 30.2 Å². The maximum absolute atomic E-state index is 5.89. The van der Waals surface area contributed by atoms with Crippen molar-refractivity contribution >= 4 is 11.6 Å². The van der Waals surface area contributed by atoms with Gasteiger partial charge in [-0.3, -0.25) is 0 Å². The highest BCUT2D eigenvalue weighted by molar-refractivity contribution is 6.30. The average molecular weight is 267 g/mol. The first-order valence-electron chi connectivity index (χ1n) is 6.89. The van der Waals surface area contributed by atoms with E-state index in [0.29, 0.717) is 18.0 Å². The molecule has 3 heteroatoms. The van der Waals surface area contributed by atoms with Gasteiger partial charge in [-0.05, 0) is 56.3 Å². The smallest absolute Gasteiger partial charge is 0.0406 e. The number of rotatable bonds is 5. The molecule has 3 unspecified atom stereocenters. The van der Waals surface area contributed by atoms with Crippen LogP contribution in [0, 0.1) is 5.92 Å². The van der Waals surface area contributed by atoms with Crippen molar-refractivity contribution in [3.05, 3.63) is 34.9 Å². The van der Waals surface area contributed by atoms with Gasteiger partial charge in [0.1, 0.15) is 0 Å². The Labute approximate surface area is 115 Å². The predicted molar refractivity (Wildman–Crippen MR) is 77.9 cm³/mol. The highest BCUT2D eigenvalue weighted by Crippen LogP contribution is 2.25. The van der Waals surface area contributed by atoms with Crippen molar-refractivity contribution in [2.75, 3.05) is 6.54 Å². The van der Waals surface area contributed by atoms with E-state index in [-0.39, 0.29) is 0 Å². The Balaban J connectivity index is 1.84. The highest BCUT2D eigenvalue weighted by Gasteiger charge is 2.26. The summed E-state index contributed by atoms with van der Waals surface area (Å²) in [7, 11) is 0. The van der Waals surface area contributed by atoms with E-state index in [2.05, 4.69) is 24.4 Å². The van der Waals surface area contributed by atoms with Gasteiger partial charge in [0.25, 0.3) is 0 Å². The van der Waals surface area contributed by atoms with Gasteiger partial charge >= 0.3 is 0 Å². The van der Waals surface area contributed by atoms with Gasteiger partial charge in [0.2, 0.25) is 0 Å². The summed E-state index contributed by atoms with van der Waals surface area (Å²) >= 11 is 5.89. The number of nitrogens with two attached hydrogens (primary N) is 1. The molecule has 1 aliphatic rings. The third-order valence-electron chi connectivity index (χ3n) is 3.92. The molecule has 0 spiro atoms. The van der Waals surface area contributed by atoms with E-state index in [1.54, 1.807) is 0 Å². The Morgan fingerprint density at radius 2 is 2.06 bits per heavy atom. The van der Waals surface area contributed by atoms with Crippen LogP contribution in [-0.2, 0) is 6.42 Å². The molecule has 3 N–H and O–H groups in total. The quantitative estimate of drug-likeness (QED) is 0.860. The molecule has 1 aliphatic carbocycles. The number of hydrogen-bond acceptors (Lipinski definition) is 2. The Kier molecular flexibility index (Phi) is 5.04. The fraction of sp³-hybridized carbons (Fsp3) is 0.600. The van der Waals surface area contributed by atoms with Crippen LogP contribution in [0.5, 0.6) is 0 Å². The second-order valence-corrected chi connectivity index (χ2v) is 5.87. The minimum Gasteiger partial charge on any atom is -0.330 e. The van der Waals surface area contributed by atoms with Crippen LogP contribution in [0.2, 0.25) is 5.02 Å². The fourth-order valence-electron chi connectivity index (χ4n) is 2.94. The van der Waals surface area contributed by atoms with E-state index >= 15 is 0 Å². The first-order valence-corrected chi connectivity index (χ1v) is 7.27. The van der Waals surface area contributed by atoms with Gasteiger partial charge in [-0.2, -0.15) is 0 Å². The first kappa shape index (κ1) is 13.9. The lowest BCUT2D eigenvalue weighted by Gasteiger charge is -2.24. The Hall–Kier alpha value is -0.570. The fourth-order valence-corrected chi connectivity index (χ4v) is 3.06. The summed E-state index contributed by atoms with van der Waals surface area (Å²) in [5.41, 5.74) is 7.15. The van der Waals surface area contributed by atoms with Crippen LogP contribution in [0.15, 0.2) is 24.3 Å². The van der Waals surface area contributed by atoms with E-state index in [9.17, 15) is 0 Å². The molecule has 0 aromatic heterocycles. The molecule has 0 aliphatic heterocycles. The molecule has 0 amide bonds. The third kappa shape index (κ3) is 3.71. The molecule has 18 heavy (non-hydrogen) atoms. The zero-order valence-corrected chi connectivity index (χ0v) is 11.8. The SMILES string of the molecule is CC(Cc1ccc(Cl)cc1)NC1CCCC1CN. The van der Waals surface area contributed by atoms with Crippen molar-refractivity contribution in [3.63, 3.8) is 0 Å². The molecule has 2 nitrogen and oxygen atoms in total. The van der Waals surface area contributed by atoms with E-state index < -0.39 is 0 Å². The van der Waals surface area contributed by atoms with Gasteiger partial charge < -0.3 is 11.1 Å². The molecule has 0 saturated heterocycles. The second kappa shape index (κ2) is 6.55. The van der Waals surface area contributed by atoms with Crippen LogP contribution in [0.25, 0.3) is 0 Å². The first-order chi connectivity index (χ1) is 8.69. The number of halogens is 1. The summed E-state index contributed by atoms with van der Waals surface area (Å²) in [6.45, 7) is 3.06. The van der Waals surface area contributed by atoms with E-state index in [0.717, 1.165) is 18.0 Å². The average Bonchev–Trinajstić information content (AvgIpc) is 2.79. The summed E-state index contributed by atoms with van der Waals surface area (Å²) in [6, 6.07) is 9.23. The standard InChI is InChI=1S/C15H23ClN2/c1-11(9-12-5-7-14(16)8-6-12)18-15-4-2-3-13(15)10-17/h5-8,11,13,15,18H,2-4,9-10,17H2,1H3. The number of benzene rings is 1. The Morgan fingerprint density at radius 3 is 2.72 bits per heavy atom. The van der Waals surface area contributed by atoms with Crippen molar-refractivity contribution in [2.24, 2.45) is 11.7 Å². The lowest BCUT2D eigenvalue weighted by Crippen LogP contribution is -2.42. The molecule has 1 aromatic carbocycles. The molecule has 0 bridgehead atoms. The summed E-state index contributed by atoms with van der Waals surface area (Å²) in [5, 5.41) is 4.53. The van der Waals surface area contributed by atoms with Crippen molar-refractivity contribution in [2.45, 2.75) is 44.7 Å². The Bertz CT molecular complexity index is 363. The summed E-state index contributed by atoms with van der Waals surface area (Å²) in [6.07, 6.45) is 4.91. The van der Waals surface area contributed by atoms with Crippen LogP contribution in [0.3, 0.4) is 0 Å². The van der Waals surface area contributed by atoms with Crippen LogP contribution in [-0.4, -0.2) is 18.6 Å².